The molecule has 1 aromatic carbocycles. The molecule has 2 aromatic rings. The first-order valence-corrected chi connectivity index (χ1v) is 7.80. The topological polar surface area (TPSA) is 75.4 Å². The van der Waals surface area contributed by atoms with Crippen LogP contribution in [0.15, 0.2) is 28.9 Å². The molecule has 1 aliphatic carbocycles. The monoisotopic (exact) mass is 311 g/mol. The number of nitrogens with one attached hydrogen (secondary N) is 1. The fraction of sp³-hybridized carbons (Fsp3) is 0.353. The lowest BCUT2D eigenvalue weighted by molar-refractivity contribution is -0.119. The number of fused-ring (bicyclic) bond motifs is 1. The van der Waals surface area contributed by atoms with Crippen LogP contribution in [0.2, 0.25) is 0 Å². The minimum atomic E-state index is -0.262. The predicted octanol–water partition coefficient (Wildman–Crippen LogP) is 2.53. The number of aryl methyl sites for hydroxylation is 1. The second kappa shape index (κ2) is 5.22. The van der Waals surface area contributed by atoms with Gasteiger partial charge in [-0.15, -0.1) is 0 Å². The first kappa shape index (κ1) is 14.0. The zero-order valence-corrected chi connectivity index (χ0v) is 12.8. The number of carbonyl (C=O) groups is 2. The number of hydrogen-bond acceptors (Lipinski definition) is 4. The number of carbonyl (C=O) groups excluding carboxylic acids is 2. The summed E-state index contributed by atoms with van der Waals surface area (Å²) in [5, 5.41) is 6.46. The molecule has 0 unspecified atom stereocenters. The summed E-state index contributed by atoms with van der Waals surface area (Å²) in [4.78, 5) is 26.4. The molecule has 2 aliphatic rings. The lowest BCUT2D eigenvalue weighted by atomic mass is 10.1. The molecule has 6 heteroatoms. The standard InChI is InChI=1S/C17H17N3O3/c1-10-14(9-18-23-10)16(21)19-13-5-4-11-6-7-20(15(11)8-13)17(22)12-2-3-12/h4-5,8-9,12H,2-3,6-7H2,1H3,(H,19,21). The Morgan fingerprint density at radius 1 is 1.35 bits per heavy atom. The smallest absolute Gasteiger partial charge is 0.260 e. The number of hydrogen-bond donors (Lipinski definition) is 1. The molecule has 2 amide bonds. The number of benzene rings is 1. The molecule has 1 fully saturated rings. The van der Waals surface area contributed by atoms with Crippen LogP contribution in [0.3, 0.4) is 0 Å². The first-order valence-electron chi connectivity index (χ1n) is 7.80. The third kappa shape index (κ3) is 2.50. The summed E-state index contributed by atoms with van der Waals surface area (Å²) in [5.41, 5.74) is 3.15. The Balaban J connectivity index is 1.57. The van der Waals surface area contributed by atoms with Gasteiger partial charge in [-0.1, -0.05) is 11.2 Å². The summed E-state index contributed by atoms with van der Waals surface area (Å²) in [5.74, 6) is 0.622. The Labute approximate surface area is 133 Å². The molecule has 0 spiro atoms. The highest BCUT2D eigenvalue weighted by Crippen LogP contribution is 2.37. The van der Waals surface area contributed by atoms with E-state index in [2.05, 4.69) is 10.5 Å². The molecule has 0 bridgehead atoms. The van der Waals surface area contributed by atoms with Crippen molar-refractivity contribution in [2.45, 2.75) is 26.2 Å². The van der Waals surface area contributed by atoms with E-state index in [0.29, 0.717) is 17.0 Å². The van der Waals surface area contributed by atoms with Crippen LogP contribution < -0.4 is 10.2 Å². The second-order valence-corrected chi connectivity index (χ2v) is 6.11. The summed E-state index contributed by atoms with van der Waals surface area (Å²) >= 11 is 0. The maximum Gasteiger partial charge on any atom is 0.260 e. The maximum atomic E-state index is 12.4. The Morgan fingerprint density at radius 2 is 2.17 bits per heavy atom. The fourth-order valence-electron chi connectivity index (χ4n) is 2.95. The molecule has 1 aliphatic heterocycles. The highest BCUT2D eigenvalue weighted by atomic mass is 16.5. The Kier molecular flexibility index (Phi) is 3.18. The zero-order chi connectivity index (χ0) is 16.0. The molecule has 0 atom stereocenters. The summed E-state index contributed by atoms with van der Waals surface area (Å²) in [7, 11) is 0. The molecule has 6 nitrogen and oxygen atoms in total. The van der Waals surface area contributed by atoms with Gasteiger partial charge in [0, 0.05) is 23.8 Å². The van der Waals surface area contributed by atoms with Gasteiger partial charge < -0.3 is 14.7 Å². The molecule has 0 radical (unpaired) electrons. The lowest BCUT2D eigenvalue weighted by Crippen LogP contribution is -2.30. The van der Waals surface area contributed by atoms with Crippen molar-refractivity contribution in [1.82, 2.24) is 5.16 Å². The van der Waals surface area contributed by atoms with Crippen molar-refractivity contribution in [3.63, 3.8) is 0 Å². The molecule has 1 saturated carbocycles. The lowest BCUT2D eigenvalue weighted by Gasteiger charge is -2.18. The van der Waals surface area contributed by atoms with E-state index in [9.17, 15) is 9.59 Å². The number of aromatic nitrogens is 1. The molecule has 1 N–H and O–H groups in total. The Bertz CT molecular complexity index is 792. The van der Waals surface area contributed by atoms with Crippen molar-refractivity contribution >= 4 is 23.2 Å². The number of rotatable bonds is 3. The van der Waals surface area contributed by atoms with E-state index in [4.69, 9.17) is 4.52 Å². The maximum absolute atomic E-state index is 12.4. The van der Waals surface area contributed by atoms with E-state index >= 15 is 0 Å². The van der Waals surface area contributed by atoms with Crippen LogP contribution in [0.5, 0.6) is 0 Å². The second-order valence-electron chi connectivity index (χ2n) is 6.11. The van der Waals surface area contributed by atoms with Gasteiger partial charge in [-0.3, -0.25) is 9.59 Å². The average Bonchev–Trinajstić information content (AvgIpc) is 3.17. The van der Waals surface area contributed by atoms with Gasteiger partial charge in [0.2, 0.25) is 5.91 Å². The highest BCUT2D eigenvalue weighted by Gasteiger charge is 2.36. The SMILES string of the molecule is Cc1oncc1C(=O)Nc1ccc2c(c1)N(C(=O)C1CC1)CC2. The minimum Gasteiger partial charge on any atom is -0.361 e. The number of nitrogens with zero attached hydrogens (tertiary/aromatic N) is 2. The van der Waals surface area contributed by atoms with Crippen molar-refractivity contribution in [2.75, 3.05) is 16.8 Å². The molecule has 4 rings (SSSR count). The van der Waals surface area contributed by atoms with E-state index in [0.717, 1.165) is 37.1 Å². The van der Waals surface area contributed by atoms with Gasteiger partial charge in [-0.05, 0) is 43.9 Å². The van der Waals surface area contributed by atoms with Crippen molar-refractivity contribution in [2.24, 2.45) is 5.92 Å². The summed E-state index contributed by atoms with van der Waals surface area (Å²) in [6.07, 6.45) is 4.26. The Morgan fingerprint density at radius 3 is 2.87 bits per heavy atom. The average molecular weight is 311 g/mol. The molecular weight excluding hydrogens is 294 g/mol. The van der Waals surface area contributed by atoms with Gasteiger partial charge in [0.25, 0.3) is 5.91 Å². The quantitative estimate of drug-likeness (QED) is 0.945. The minimum absolute atomic E-state index is 0.193. The fourth-order valence-corrected chi connectivity index (χ4v) is 2.95. The Hall–Kier alpha value is -2.63. The largest absolute Gasteiger partial charge is 0.361 e. The van der Waals surface area contributed by atoms with Crippen molar-refractivity contribution in [1.29, 1.82) is 0 Å². The van der Waals surface area contributed by atoms with Crippen LogP contribution in [0.4, 0.5) is 11.4 Å². The third-order valence-electron chi connectivity index (χ3n) is 4.43. The van der Waals surface area contributed by atoms with Crippen LogP contribution in [0.25, 0.3) is 0 Å². The van der Waals surface area contributed by atoms with Crippen LogP contribution in [0.1, 0.15) is 34.5 Å². The third-order valence-corrected chi connectivity index (χ3v) is 4.43. The van der Waals surface area contributed by atoms with Crippen LogP contribution in [0, 0.1) is 12.8 Å². The normalized spacial score (nSPS) is 16.3. The number of amides is 2. The van der Waals surface area contributed by atoms with Gasteiger partial charge in [0.05, 0.1) is 6.20 Å². The van der Waals surface area contributed by atoms with Crippen molar-refractivity contribution < 1.29 is 14.1 Å². The van der Waals surface area contributed by atoms with E-state index in [1.54, 1.807) is 6.92 Å². The van der Waals surface area contributed by atoms with Gasteiger partial charge in [0.15, 0.2) is 0 Å². The predicted molar refractivity (Wildman–Crippen MR) is 84.4 cm³/mol. The molecule has 1 aromatic heterocycles. The van der Waals surface area contributed by atoms with Gasteiger partial charge >= 0.3 is 0 Å². The van der Waals surface area contributed by atoms with E-state index in [-0.39, 0.29) is 17.7 Å². The summed E-state index contributed by atoms with van der Waals surface area (Å²) in [6, 6.07) is 5.72. The number of anilines is 2. The van der Waals surface area contributed by atoms with E-state index < -0.39 is 0 Å². The van der Waals surface area contributed by atoms with E-state index in [1.165, 1.54) is 6.20 Å². The molecule has 23 heavy (non-hydrogen) atoms. The molecule has 118 valence electrons. The van der Waals surface area contributed by atoms with Gasteiger partial charge in [-0.25, -0.2) is 0 Å². The first-order chi connectivity index (χ1) is 11.1. The van der Waals surface area contributed by atoms with Gasteiger partial charge in [-0.2, -0.15) is 0 Å². The van der Waals surface area contributed by atoms with Gasteiger partial charge in [0.1, 0.15) is 11.3 Å². The molecule has 2 heterocycles. The van der Waals surface area contributed by atoms with Crippen LogP contribution in [-0.4, -0.2) is 23.5 Å². The van der Waals surface area contributed by atoms with E-state index in [1.807, 2.05) is 23.1 Å². The van der Waals surface area contributed by atoms with Crippen molar-refractivity contribution in [3.05, 3.63) is 41.3 Å². The summed E-state index contributed by atoms with van der Waals surface area (Å²) < 4.78 is 4.92. The van der Waals surface area contributed by atoms with Crippen molar-refractivity contribution in [3.8, 4) is 0 Å². The molecule has 0 saturated heterocycles. The highest BCUT2D eigenvalue weighted by molar-refractivity contribution is 6.05. The van der Waals surface area contributed by atoms with Crippen LogP contribution >= 0.6 is 0 Å². The summed E-state index contributed by atoms with van der Waals surface area (Å²) in [6.45, 7) is 2.42. The molecular formula is C17H17N3O3. The zero-order valence-electron chi connectivity index (χ0n) is 12.8. The van der Waals surface area contributed by atoms with Crippen LogP contribution in [-0.2, 0) is 11.2 Å².